The number of nitrogens with zero attached hydrogens (tertiary/aromatic N) is 4. The summed E-state index contributed by atoms with van der Waals surface area (Å²) in [4.78, 5) is 18.9. The molecule has 138 valence electrons. The van der Waals surface area contributed by atoms with E-state index in [1.807, 2.05) is 26.9 Å². The number of morpholine rings is 1. The predicted molar refractivity (Wildman–Crippen MR) is 109 cm³/mol. The Morgan fingerprint density at radius 3 is 2.89 bits per heavy atom. The van der Waals surface area contributed by atoms with Crippen LogP contribution in [-0.4, -0.2) is 66.7 Å². The first-order valence-electron chi connectivity index (χ1n) is 8.90. The quantitative estimate of drug-likeness (QED) is 0.667. The zero-order chi connectivity index (χ0) is 18.8. The van der Waals surface area contributed by atoms with E-state index in [1.54, 1.807) is 17.5 Å². The molecule has 1 fully saturated rings. The van der Waals surface area contributed by atoms with E-state index in [0.29, 0.717) is 25.6 Å². The third-order valence-electron chi connectivity index (χ3n) is 4.65. The van der Waals surface area contributed by atoms with Crippen molar-refractivity contribution in [3.05, 3.63) is 29.4 Å². The number of benzene rings is 1. The van der Waals surface area contributed by atoms with E-state index in [-0.39, 0.29) is 5.91 Å². The van der Waals surface area contributed by atoms with Gasteiger partial charge in [-0.2, -0.15) is 0 Å². The molecule has 0 saturated carbocycles. The molecule has 1 aliphatic heterocycles. The molecule has 0 radical (unpaired) electrons. The summed E-state index contributed by atoms with van der Waals surface area (Å²) < 4.78 is 5.32. The molecule has 7 nitrogen and oxygen atoms in total. The number of nitrogens with one attached hydrogen (secondary N) is 1. The number of rotatable bonds is 4. The van der Waals surface area contributed by atoms with Crippen LogP contribution in [0.1, 0.15) is 5.01 Å². The topological polar surface area (TPSA) is 80.2 Å². The number of carbonyl (C=O) groups is 1. The standard InChI is InChI=1S/C18H20BN5O2S/c1-11-22-23-18(27-11)12-2-3-13-9-20-17(16(19)14(13)8-12)21-15(25)10-24-4-6-26-7-5-24/h2-3,8-9H,4-7,10,19H2,1H3,(H,20,21,25). The fourth-order valence-corrected chi connectivity index (χ4v) is 3.85. The average molecular weight is 381 g/mol. The molecule has 2 aromatic heterocycles. The maximum atomic E-state index is 12.4. The average Bonchev–Trinajstić information content (AvgIpc) is 3.11. The van der Waals surface area contributed by atoms with Crippen molar-refractivity contribution in [2.24, 2.45) is 0 Å². The second-order valence-electron chi connectivity index (χ2n) is 6.60. The molecule has 3 heterocycles. The van der Waals surface area contributed by atoms with Crippen molar-refractivity contribution in [3.63, 3.8) is 0 Å². The number of ether oxygens (including phenoxy) is 1. The molecule has 0 bridgehead atoms. The Morgan fingerprint density at radius 1 is 1.33 bits per heavy atom. The summed E-state index contributed by atoms with van der Waals surface area (Å²) in [5.74, 6) is 0.550. The van der Waals surface area contributed by atoms with Crippen molar-refractivity contribution in [3.8, 4) is 10.6 Å². The first kappa shape index (κ1) is 18.0. The van der Waals surface area contributed by atoms with Crippen LogP contribution in [0.2, 0.25) is 0 Å². The van der Waals surface area contributed by atoms with Crippen molar-refractivity contribution in [2.45, 2.75) is 6.92 Å². The molecule has 27 heavy (non-hydrogen) atoms. The molecule has 0 spiro atoms. The maximum absolute atomic E-state index is 12.4. The minimum absolute atomic E-state index is 0.0530. The molecule has 9 heteroatoms. The highest BCUT2D eigenvalue weighted by atomic mass is 32.1. The van der Waals surface area contributed by atoms with E-state index in [9.17, 15) is 4.79 Å². The lowest BCUT2D eigenvalue weighted by Gasteiger charge is -2.25. The molecule has 4 rings (SSSR count). The highest BCUT2D eigenvalue weighted by Crippen LogP contribution is 2.26. The highest BCUT2D eigenvalue weighted by molar-refractivity contribution is 7.14. The van der Waals surface area contributed by atoms with Crippen LogP contribution in [0.4, 0.5) is 5.82 Å². The molecule has 1 aromatic carbocycles. The highest BCUT2D eigenvalue weighted by Gasteiger charge is 2.16. The van der Waals surface area contributed by atoms with Gasteiger partial charge in [0.05, 0.1) is 19.8 Å². The molecular weight excluding hydrogens is 361 g/mol. The first-order chi connectivity index (χ1) is 13.1. The summed E-state index contributed by atoms with van der Waals surface area (Å²) in [5.41, 5.74) is 1.97. The van der Waals surface area contributed by atoms with Gasteiger partial charge in [0.15, 0.2) is 0 Å². The van der Waals surface area contributed by atoms with Crippen LogP contribution in [0.5, 0.6) is 0 Å². The lowest BCUT2D eigenvalue weighted by atomic mass is 9.90. The number of pyridine rings is 1. The monoisotopic (exact) mass is 381 g/mol. The zero-order valence-corrected chi connectivity index (χ0v) is 16.2. The third-order valence-corrected chi connectivity index (χ3v) is 5.53. The minimum atomic E-state index is -0.0530. The fourth-order valence-electron chi connectivity index (χ4n) is 3.16. The van der Waals surface area contributed by atoms with Crippen LogP contribution in [0.25, 0.3) is 21.3 Å². The lowest BCUT2D eigenvalue weighted by molar-refractivity contribution is -0.118. The summed E-state index contributed by atoms with van der Waals surface area (Å²) in [6, 6.07) is 6.14. The van der Waals surface area contributed by atoms with Crippen LogP contribution in [0.3, 0.4) is 0 Å². The van der Waals surface area contributed by atoms with Gasteiger partial charge in [-0.3, -0.25) is 9.69 Å². The SMILES string of the molecule is Bc1c(NC(=O)CN2CCOCC2)ncc2ccc(-c3nnc(C)s3)cc12. The van der Waals surface area contributed by atoms with Gasteiger partial charge in [-0.05, 0) is 29.2 Å². The molecule has 0 aliphatic carbocycles. The van der Waals surface area contributed by atoms with E-state index < -0.39 is 0 Å². The van der Waals surface area contributed by atoms with Crippen LogP contribution < -0.4 is 10.8 Å². The van der Waals surface area contributed by atoms with Gasteiger partial charge in [-0.1, -0.05) is 23.5 Å². The van der Waals surface area contributed by atoms with Crippen LogP contribution in [0, 0.1) is 6.92 Å². The van der Waals surface area contributed by atoms with Gasteiger partial charge in [0.1, 0.15) is 23.7 Å². The van der Waals surface area contributed by atoms with Crippen molar-refractivity contribution in [1.82, 2.24) is 20.1 Å². The summed E-state index contributed by atoms with van der Waals surface area (Å²) in [6.07, 6.45) is 1.79. The Balaban J connectivity index is 1.57. The number of fused-ring (bicyclic) bond motifs is 1. The molecule has 0 unspecified atom stereocenters. The van der Waals surface area contributed by atoms with Crippen molar-refractivity contribution in [2.75, 3.05) is 38.2 Å². The predicted octanol–water partition coefficient (Wildman–Crippen LogP) is 0.591. The summed E-state index contributed by atoms with van der Waals surface area (Å²) in [6.45, 7) is 5.21. The summed E-state index contributed by atoms with van der Waals surface area (Å²) in [7, 11) is 1.98. The number of amides is 1. The van der Waals surface area contributed by atoms with E-state index in [1.165, 1.54) is 0 Å². The second kappa shape index (κ2) is 7.71. The van der Waals surface area contributed by atoms with Gasteiger partial charge in [0, 0.05) is 24.8 Å². The third kappa shape index (κ3) is 4.00. The smallest absolute Gasteiger partial charge is 0.239 e. The number of carbonyl (C=O) groups excluding carboxylic acids is 1. The normalized spacial score (nSPS) is 15.1. The molecule has 1 amide bonds. The Labute approximate surface area is 162 Å². The summed E-state index contributed by atoms with van der Waals surface area (Å²) >= 11 is 1.57. The van der Waals surface area contributed by atoms with E-state index in [0.717, 1.165) is 44.9 Å². The van der Waals surface area contributed by atoms with Gasteiger partial charge >= 0.3 is 0 Å². The molecule has 3 aromatic rings. The van der Waals surface area contributed by atoms with Crippen LogP contribution in [0.15, 0.2) is 24.4 Å². The Hall–Kier alpha value is -2.36. The second-order valence-corrected chi connectivity index (χ2v) is 7.78. The number of hydrogen-bond acceptors (Lipinski definition) is 7. The summed E-state index contributed by atoms with van der Waals surface area (Å²) in [5, 5.41) is 15.2. The van der Waals surface area contributed by atoms with Gasteiger partial charge in [0.2, 0.25) is 5.91 Å². The van der Waals surface area contributed by atoms with Gasteiger partial charge in [-0.25, -0.2) is 4.98 Å². The van der Waals surface area contributed by atoms with Crippen molar-refractivity contribution >= 4 is 47.1 Å². The first-order valence-corrected chi connectivity index (χ1v) is 9.71. The van der Waals surface area contributed by atoms with E-state index in [4.69, 9.17) is 4.74 Å². The molecule has 1 N–H and O–H groups in total. The molecule has 1 aliphatic rings. The lowest BCUT2D eigenvalue weighted by Crippen LogP contribution is -2.41. The van der Waals surface area contributed by atoms with E-state index in [2.05, 4.69) is 31.5 Å². The Morgan fingerprint density at radius 2 is 2.15 bits per heavy atom. The Bertz CT molecular complexity index is 987. The maximum Gasteiger partial charge on any atom is 0.239 e. The van der Waals surface area contributed by atoms with Gasteiger partial charge in [0.25, 0.3) is 0 Å². The Kier molecular flexibility index (Phi) is 5.15. The van der Waals surface area contributed by atoms with E-state index >= 15 is 0 Å². The van der Waals surface area contributed by atoms with Crippen molar-refractivity contribution < 1.29 is 9.53 Å². The number of aromatic nitrogens is 3. The molecular formula is C18H20BN5O2S. The molecule has 0 atom stereocenters. The number of hydrogen-bond donors (Lipinski definition) is 1. The van der Waals surface area contributed by atoms with Crippen LogP contribution >= 0.6 is 11.3 Å². The van der Waals surface area contributed by atoms with Gasteiger partial charge in [-0.15, -0.1) is 10.2 Å². The number of aryl methyl sites for hydroxylation is 1. The minimum Gasteiger partial charge on any atom is -0.379 e. The van der Waals surface area contributed by atoms with Crippen LogP contribution in [-0.2, 0) is 9.53 Å². The zero-order valence-electron chi connectivity index (χ0n) is 15.4. The number of anilines is 1. The fraction of sp³-hybridized carbons (Fsp3) is 0.333. The molecule has 1 saturated heterocycles. The largest absolute Gasteiger partial charge is 0.379 e. The van der Waals surface area contributed by atoms with Gasteiger partial charge < -0.3 is 10.1 Å². The van der Waals surface area contributed by atoms with Crippen molar-refractivity contribution in [1.29, 1.82) is 0 Å².